The van der Waals surface area contributed by atoms with Crippen LogP contribution in [0, 0.1) is 5.92 Å². The predicted molar refractivity (Wildman–Crippen MR) is 107 cm³/mol. The molecule has 0 saturated carbocycles. The Morgan fingerprint density at radius 1 is 1.13 bits per heavy atom. The number of amides is 1. The number of halogens is 3. The van der Waals surface area contributed by atoms with Crippen molar-refractivity contribution in [3.05, 3.63) is 48.2 Å². The first kappa shape index (κ1) is 23.8. The SMILES string of the molecule is CC(C)C[C@H](N)C(=O)N[C@@H](c1ccc(-c2ccc(S(C)(=O)=O)cn2)cc1)C(F)(F)F. The second-order valence-electron chi connectivity index (χ2n) is 7.49. The minimum atomic E-state index is -4.70. The van der Waals surface area contributed by atoms with E-state index in [1.807, 2.05) is 19.2 Å². The van der Waals surface area contributed by atoms with E-state index in [4.69, 9.17) is 5.73 Å². The number of hydrogen-bond acceptors (Lipinski definition) is 5. The average Bonchev–Trinajstić information content (AvgIpc) is 2.64. The van der Waals surface area contributed by atoms with Gasteiger partial charge in [-0.25, -0.2) is 8.42 Å². The molecule has 1 aromatic heterocycles. The van der Waals surface area contributed by atoms with Gasteiger partial charge in [-0.3, -0.25) is 9.78 Å². The van der Waals surface area contributed by atoms with Crippen molar-refractivity contribution in [3.8, 4) is 11.3 Å². The largest absolute Gasteiger partial charge is 0.412 e. The van der Waals surface area contributed by atoms with E-state index in [1.54, 1.807) is 0 Å². The summed E-state index contributed by atoms with van der Waals surface area (Å²) in [6, 6.07) is 4.96. The fourth-order valence-electron chi connectivity index (χ4n) is 2.84. The normalized spacial score (nSPS) is 14.4. The van der Waals surface area contributed by atoms with Crippen molar-refractivity contribution >= 4 is 15.7 Å². The highest BCUT2D eigenvalue weighted by atomic mass is 32.2. The molecule has 2 aromatic rings. The van der Waals surface area contributed by atoms with Gasteiger partial charge in [0.2, 0.25) is 5.91 Å². The Balaban J connectivity index is 2.24. The maximum Gasteiger partial charge on any atom is 0.412 e. The molecule has 1 heterocycles. The zero-order valence-corrected chi connectivity index (χ0v) is 17.6. The van der Waals surface area contributed by atoms with Crippen molar-refractivity contribution in [2.45, 2.75) is 43.4 Å². The number of nitrogens with one attached hydrogen (secondary N) is 1. The molecule has 6 nitrogen and oxygen atoms in total. The molecule has 2 atom stereocenters. The van der Waals surface area contributed by atoms with Gasteiger partial charge in [0, 0.05) is 18.0 Å². The standard InChI is InChI=1S/C20H24F3N3O3S/c1-12(2)10-16(24)19(27)26-18(20(21,22)23)14-6-4-13(5-7-14)17-9-8-15(11-25-17)30(3,28)29/h4-9,11-12,16,18H,10,24H2,1-3H3,(H,26,27)/t16-,18-/m0/s1. The van der Waals surface area contributed by atoms with Crippen LogP contribution in [0.4, 0.5) is 13.2 Å². The molecule has 1 aromatic carbocycles. The monoisotopic (exact) mass is 443 g/mol. The smallest absolute Gasteiger partial charge is 0.339 e. The van der Waals surface area contributed by atoms with Gasteiger partial charge in [0.15, 0.2) is 15.9 Å². The van der Waals surface area contributed by atoms with Gasteiger partial charge in [-0.05, 0) is 30.0 Å². The van der Waals surface area contributed by atoms with Crippen molar-refractivity contribution in [1.82, 2.24) is 10.3 Å². The number of pyridine rings is 1. The highest BCUT2D eigenvalue weighted by molar-refractivity contribution is 7.90. The Morgan fingerprint density at radius 3 is 2.17 bits per heavy atom. The van der Waals surface area contributed by atoms with Gasteiger partial charge in [0.05, 0.1) is 16.6 Å². The summed E-state index contributed by atoms with van der Waals surface area (Å²) in [5, 5.41) is 1.99. The Kier molecular flexibility index (Phi) is 7.25. The minimum absolute atomic E-state index is 0.0421. The molecule has 0 aliphatic carbocycles. The topological polar surface area (TPSA) is 102 Å². The number of aromatic nitrogens is 1. The molecule has 3 N–H and O–H groups in total. The fourth-order valence-corrected chi connectivity index (χ4v) is 3.39. The van der Waals surface area contributed by atoms with Crippen molar-refractivity contribution < 1.29 is 26.4 Å². The van der Waals surface area contributed by atoms with E-state index in [1.165, 1.54) is 42.6 Å². The second-order valence-corrected chi connectivity index (χ2v) is 9.51. The van der Waals surface area contributed by atoms with Crippen LogP contribution in [0.2, 0.25) is 0 Å². The zero-order chi connectivity index (χ0) is 22.7. The molecular formula is C20H24F3N3O3S. The molecule has 0 bridgehead atoms. The van der Waals surface area contributed by atoms with E-state index >= 15 is 0 Å². The molecular weight excluding hydrogens is 419 g/mol. The van der Waals surface area contributed by atoms with Crippen LogP contribution in [-0.4, -0.2) is 37.8 Å². The maximum absolute atomic E-state index is 13.5. The summed E-state index contributed by atoms with van der Waals surface area (Å²) in [4.78, 5) is 16.2. The molecule has 30 heavy (non-hydrogen) atoms. The molecule has 1 amide bonds. The summed E-state index contributed by atoms with van der Waals surface area (Å²) in [6.45, 7) is 3.65. The molecule has 0 saturated heterocycles. The van der Waals surface area contributed by atoms with E-state index in [9.17, 15) is 26.4 Å². The number of hydrogen-bond donors (Lipinski definition) is 2. The molecule has 0 aliphatic rings. The summed E-state index contributed by atoms with van der Waals surface area (Å²) in [5.74, 6) is -0.802. The first-order valence-electron chi connectivity index (χ1n) is 9.18. The number of carbonyl (C=O) groups excluding carboxylic acids is 1. The van der Waals surface area contributed by atoms with Gasteiger partial charge in [0.25, 0.3) is 0 Å². The zero-order valence-electron chi connectivity index (χ0n) is 16.8. The van der Waals surface area contributed by atoms with Crippen LogP contribution < -0.4 is 11.1 Å². The second kappa shape index (κ2) is 9.13. The first-order chi connectivity index (χ1) is 13.8. The van der Waals surface area contributed by atoms with E-state index in [-0.39, 0.29) is 22.8 Å². The Labute approximate surface area is 173 Å². The Bertz CT molecular complexity index is 973. The molecule has 164 valence electrons. The summed E-state index contributed by atoms with van der Waals surface area (Å²) in [6.07, 6.45) is -2.20. The number of nitrogens with zero attached hydrogens (tertiary/aromatic N) is 1. The quantitative estimate of drug-likeness (QED) is 0.684. The third-order valence-corrected chi connectivity index (χ3v) is 5.48. The molecule has 2 rings (SSSR count). The highest BCUT2D eigenvalue weighted by Crippen LogP contribution is 2.33. The van der Waals surface area contributed by atoms with Crippen LogP contribution in [0.25, 0.3) is 11.3 Å². The van der Waals surface area contributed by atoms with E-state index < -0.39 is 34.0 Å². The summed E-state index contributed by atoms with van der Waals surface area (Å²) in [5.41, 5.74) is 6.46. The van der Waals surface area contributed by atoms with Crippen LogP contribution in [0.5, 0.6) is 0 Å². The average molecular weight is 443 g/mol. The lowest BCUT2D eigenvalue weighted by molar-refractivity contribution is -0.163. The summed E-state index contributed by atoms with van der Waals surface area (Å²) < 4.78 is 63.6. The van der Waals surface area contributed by atoms with Gasteiger partial charge in [-0.1, -0.05) is 38.1 Å². The number of nitrogens with two attached hydrogens (primary N) is 1. The molecule has 0 unspecified atom stereocenters. The number of alkyl halides is 3. The van der Waals surface area contributed by atoms with E-state index in [0.29, 0.717) is 11.3 Å². The lowest BCUT2D eigenvalue weighted by Gasteiger charge is -2.24. The summed E-state index contributed by atoms with van der Waals surface area (Å²) >= 11 is 0. The van der Waals surface area contributed by atoms with Crippen molar-refractivity contribution in [2.75, 3.05) is 6.26 Å². The van der Waals surface area contributed by atoms with Gasteiger partial charge >= 0.3 is 6.18 Å². The van der Waals surface area contributed by atoms with Crippen LogP contribution in [0.15, 0.2) is 47.5 Å². The number of benzene rings is 1. The van der Waals surface area contributed by atoms with Crippen molar-refractivity contribution in [1.29, 1.82) is 0 Å². The van der Waals surface area contributed by atoms with Crippen molar-refractivity contribution in [3.63, 3.8) is 0 Å². The third kappa shape index (κ3) is 6.27. The summed E-state index contributed by atoms with van der Waals surface area (Å²) in [7, 11) is -3.40. The number of rotatable bonds is 7. The molecule has 0 radical (unpaired) electrons. The third-order valence-electron chi connectivity index (χ3n) is 4.38. The Morgan fingerprint density at radius 2 is 1.73 bits per heavy atom. The first-order valence-corrected chi connectivity index (χ1v) is 11.1. The van der Waals surface area contributed by atoms with Crippen LogP contribution in [-0.2, 0) is 14.6 Å². The molecule has 0 spiro atoms. The van der Waals surface area contributed by atoms with Gasteiger partial charge in [-0.15, -0.1) is 0 Å². The van der Waals surface area contributed by atoms with E-state index in [0.717, 1.165) is 6.26 Å². The van der Waals surface area contributed by atoms with E-state index in [2.05, 4.69) is 4.98 Å². The van der Waals surface area contributed by atoms with Crippen LogP contribution in [0.3, 0.4) is 0 Å². The van der Waals surface area contributed by atoms with Crippen LogP contribution in [0.1, 0.15) is 31.9 Å². The lowest BCUT2D eigenvalue weighted by atomic mass is 10.0. The highest BCUT2D eigenvalue weighted by Gasteiger charge is 2.42. The fraction of sp³-hybridized carbons (Fsp3) is 0.400. The predicted octanol–water partition coefficient (Wildman–Crippen LogP) is 3.25. The van der Waals surface area contributed by atoms with Crippen LogP contribution >= 0.6 is 0 Å². The lowest BCUT2D eigenvalue weighted by Crippen LogP contribution is -2.46. The maximum atomic E-state index is 13.5. The Hall–Kier alpha value is -2.46. The number of carbonyl (C=O) groups is 1. The van der Waals surface area contributed by atoms with Gasteiger partial charge in [0.1, 0.15) is 0 Å². The number of sulfone groups is 1. The van der Waals surface area contributed by atoms with Gasteiger partial charge in [-0.2, -0.15) is 13.2 Å². The van der Waals surface area contributed by atoms with Crippen molar-refractivity contribution in [2.24, 2.45) is 11.7 Å². The molecule has 10 heteroatoms. The minimum Gasteiger partial charge on any atom is -0.339 e. The molecule has 0 aliphatic heterocycles. The molecule has 0 fully saturated rings. The van der Waals surface area contributed by atoms with Gasteiger partial charge < -0.3 is 11.1 Å².